The molecule has 0 atom stereocenters. The minimum atomic E-state index is -4.27. The van der Waals surface area contributed by atoms with Crippen molar-refractivity contribution in [2.45, 2.75) is 4.90 Å². The molecular weight excluding hydrogens is 390 g/mol. The summed E-state index contributed by atoms with van der Waals surface area (Å²) in [6.07, 6.45) is 0. The van der Waals surface area contributed by atoms with E-state index in [2.05, 4.69) is 10.0 Å². The fourth-order valence-electron chi connectivity index (χ4n) is 2.72. The molecule has 0 radical (unpaired) electrons. The zero-order valence-corrected chi connectivity index (χ0v) is 14.9. The lowest BCUT2D eigenvalue weighted by Gasteiger charge is -2.11. The predicted molar refractivity (Wildman–Crippen MR) is 98.1 cm³/mol. The van der Waals surface area contributed by atoms with Crippen molar-refractivity contribution in [3.8, 4) is 11.5 Å². The monoisotopic (exact) mass is 402 g/mol. The van der Waals surface area contributed by atoms with Crippen molar-refractivity contribution in [3.63, 3.8) is 0 Å². The number of carbonyl (C=O) groups excluding carboxylic acids is 1. The van der Waals surface area contributed by atoms with E-state index in [9.17, 15) is 22.0 Å². The molecule has 142 valence electrons. The van der Waals surface area contributed by atoms with Gasteiger partial charge in [0.1, 0.15) is 17.4 Å². The lowest BCUT2D eigenvalue weighted by Crippen LogP contribution is -2.15. The highest BCUT2D eigenvalue weighted by molar-refractivity contribution is 7.92. The van der Waals surface area contributed by atoms with Crippen LogP contribution in [0, 0.1) is 11.6 Å². The number of hydrogen-bond acceptors (Lipinski definition) is 4. The number of para-hydroxylation sites is 2. The van der Waals surface area contributed by atoms with E-state index in [1.165, 1.54) is 18.2 Å². The summed E-state index contributed by atoms with van der Waals surface area (Å²) >= 11 is 0. The van der Waals surface area contributed by atoms with Crippen LogP contribution in [0.15, 0.2) is 65.6 Å². The minimum absolute atomic E-state index is 0.0353. The molecule has 0 saturated carbocycles. The molecule has 3 aromatic rings. The van der Waals surface area contributed by atoms with Crippen molar-refractivity contribution >= 4 is 27.3 Å². The van der Waals surface area contributed by atoms with E-state index in [1.54, 1.807) is 24.3 Å². The van der Waals surface area contributed by atoms with E-state index in [1.807, 2.05) is 0 Å². The number of ether oxygens (including phenoxy) is 1. The van der Waals surface area contributed by atoms with Gasteiger partial charge in [-0.05, 0) is 42.5 Å². The SMILES string of the molecule is O=C1Nc2ccccc2Oc2ccc(NS(=O)(=O)c3cc(F)cc(F)c3)cc21. The summed E-state index contributed by atoms with van der Waals surface area (Å²) in [6, 6.07) is 12.9. The van der Waals surface area contributed by atoms with Crippen LogP contribution in [0.3, 0.4) is 0 Å². The Hall–Kier alpha value is -3.46. The maximum atomic E-state index is 13.3. The van der Waals surface area contributed by atoms with Gasteiger partial charge in [-0.25, -0.2) is 17.2 Å². The molecule has 0 aliphatic carbocycles. The molecule has 0 unspecified atom stereocenters. The quantitative estimate of drug-likeness (QED) is 0.690. The van der Waals surface area contributed by atoms with E-state index >= 15 is 0 Å². The Morgan fingerprint density at radius 3 is 2.36 bits per heavy atom. The van der Waals surface area contributed by atoms with Crippen molar-refractivity contribution in [1.29, 1.82) is 0 Å². The molecular formula is C19H12F2N2O4S. The number of benzene rings is 3. The standard InChI is InChI=1S/C19H12F2N2O4S/c20-11-7-12(21)9-14(8-11)28(25,26)23-13-5-6-17-15(10-13)19(24)22-16-3-1-2-4-18(16)27-17/h1-10,23H,(H,22,24). The second-order valence-corrected chi connectivity index (χ2v) is 7.66. The summed E-state index contributed by atoms with van der Waals surface area (Å²) in [5.41, 5.74) is 0.607. The van der Waals surface area contributed by atoms with Gasteiger partial charge in [-0.15, -0.1) is 0 Å². The van der Waals surface area contributed by atoms with Gasteiger partial charge in [-0.3, -0.25) is 9.52 Å². The average molecular weight is 402 g/mol. The van der Waals surface area contributed by atoms with Crippen LogP contribution in [-0.4, -0.2) is 14.3 Å². The van der Waals surface area contributed by atoms with Crippen molar-refractivity contribution in [1.82, 2.24) is 0 Å². The van der Waals surface area contributed by atoms with Gasteiger partial charge in [-0.2, -0.15) is 0 Å². The first-order valence-electron chi connectivity index (χ1n) is 8.03. The molecule has 0 aromatic heterocycles. The molecule has 1 aliphatic heterocycles. The summed E-state index contributed by atoms with van der Waals surface area (Å²) in [6.45, 7) is 0. The summed E-state index contributed by atoms with van der Waals surface area (Å²) in [7, 11) is -4.27. The van der Waals surface area contributed by atoms with Crippen molar-refractivity contribution in [3.05, 3.63) is 77.9 Å². The third-order valence-corrected chi connectivity index (χ3v) is 5.34. The summed E-state index contributed by atoms with van der Waals surface area (Å²) in [4.78, 5) is 11.9. The first kappa shape index (κ1) is 17.9. The van der Waals surface area contributed by atoms with Gasteiger partial charge in [0.2, 0.25) is 0 Å². The summed E-state index contributed by atoms with van der Waals surface area (Å²) in [5.74, 6) is -1.85. The smallest absolute Gasteiger partial charge is 0.262 e. The summed E-state index contributed by atoms with van der Waals surface area (Å²) < 4.78 is 59.5. The van der Waals surface area contributed by atoms with Gasteiger partial charge in [0, 0.05) is 11.8 Å². The molecule has 28 heavy (non-hydrogen) atoms. The topological polar surface area (TPSA) is 84.5 Å². The Bertz CT molecular complexity index is 1190. The van der Waals surface area contributed by atoms with Crippen LogP contribution in [0.25, 0.3) is 0 Å². The van der Waals surface area contributed by atoms with Gasteiger partial charge in [-0.1, -0.05) is 12.1 Å². The Balaban J connectivity index is 1.68. The van der Waals surface area contributed by atoms with Crippen LogP contribution in [0.4, 0.5) is 20.2 Å². The van der Waals surface area contributed by atoms with Gasteiger partial charge < -0.3 is 10.1 Å². The van der Waals surface area contributed by atoms with Crippen LogP contribution in [-0.2, 0) is 10.0 Å². The van der Waals surface area contributed by atoms with Gasteiger partial charge in [0.15, 0.2) is 5.75 Å². The van der Waals surface area contributed by atoms with E-state index in [0.717, 1.165) is 0 Å². The highest BCUT2D eigenvalue weighted by atomic mass is 32.2. The highest BCUT2D eigenvalue weighted by Crippen LogP contribution is 2.36. The second kappa shape index (κ2) is 6.61. The Kier molecular flexibility index (Phi) is 4.23. The largest absolute Gasteiger partial charge is 0.454 e. The van der Waals surface area contributed by atoms with Crippen LogP contribution in [0.2, 0.25) is 0 Å². The first-order valence-corrected chi connectivity index (χ1v) is 9.51. The number of fused-ring (bicyclic) bond motifs is 2. The normalized spacial score (nSPS) is 12.9. The molecule has 1 heterocycles. The van der Waals surface area contributed by atoms with Gasteiger partial charge >= 0.3 is 0 Å². The van der Waals surface area contributed by atoms with Crippen molar-refractivity contribution < 1.29 is 26.7 Å². The number of sulfonamides is 1. The number of nitrogens with one attached hydrogen (secondary N) is 2. The number of amides is 1. The van der Waals surface area contributed by atoms with Crippen LogP contribution in [0.1, 0.15) is 10.4 Å². The van der Waals surface area contributed by atoms with Crippen LogP contribution >= 0.6 is 0 Å². The molecule has 3 aromatic carbocycles. The van der Waals surface area contributed by atoms with Gasteiger partial charge in [0.05, 0.1) is 16.1 Å². The lowest BCUT2D eigenvalue weighted by molar-refractivity contribution is 0.102. The maximum absolute atomic E-state index is 13.3. The number of anilines is 2. The Morgan fingerprint density at radius 1 is 0.893 bits per heavy atom. The maximum Gasteiger partial charge on any atom is 0.262 e. The minimum Gasteiger partial charge on any atom is -0.454 e. The Labute approximate surface area is 158 Å². The van der Waals surface area contributed by atoms with E-state index in [4.69, 9.17) is 4.74 Å². The van der Waals surface area contributed by atoms with E-state index in [-0.39, 0.29) is 17.0 Å². The highest BCUT2D eigenvalue weighted by Gasteiger charge is 2.23. The molecule has 2 N–H and O–H groups in total. The molecule has 0 bridgehead atoms. The number of hydrogen-bond donors (Lipinski definition) is 2. The van der Waals surface area contributed by atoms with E-state index < -0.39 is 32.5 Å². The number of rotatable bonds is 3. The van der Waals surface area contributed by atoms with Crippen LogP contribution < -0.4 is 14.8 Å². The zero-order chi connectivity index (χ0) is 19.9. The molecule has 6 nitrogen and oxygen atoms in total. The molecule has 0 fully saturated rings. The molecule has 1 aliphatic rings. The lowest BCUT2D eigenvalue weighted by atomic mass is 10.1. The van der Waals surface area contributed by atoms with E-state index in [0.29, 0.717) is 29.6 Å². The molecule has 4 rings (SSSR count). The fraction of sp³-hybridized carbons (Fsp3) is 0. The zero-order valence-electron chi connectivity index (χ0n) is 14.1. The predicted octanol–water partition coefficient (Wildman–Crippen LogP) is 4.12. The molecule has 1 amide bonds. The molecule has 9 heteroatoms. The Morgan fingerprint density at radius 2 is 1.61 bits per heavy atom. The fourth-order valence-corrected chi connectivity index (χ4v) is 3.82. The third kappa shape index (κ3) is 3.39. The van der Waals surface area contributed by atoms with Crippen LogP contribution in [0.5, 0.6) is 11.5 Å². The van der Waals surface area contributed by atoms with Crippen molar-refractivity contribution in [2.75, 3.05) is 10.0 Å². The van der Waals surface area contributed by atoms with Gasteiger partial charge in [0.25, 0.3) is 15.9 Å². The average Bonchev–Trinajstić information content (AvgIpc) is 2.76. The van der Waals surface area contributed by atoms with Crippen molar-refractivity contribution in [2.24, 2.45) is 0 Å². The third-order valence-electron chi connectivity index (χ3n) is 3.98. The first-order chi connectivity index (χ1) is 13.3. The summed E-state index contributed by atoms with van der Waals surface area (Å²) in [5, 5.41) is 2.67. The molecule has 0 saturated heterocycles. The molecule has 0 spiro atoms. The number of carbonyl (C=O) groups is 1. The second-order valence-electron chi connectivity index (χ2n) is 5.97. The number of halogens is 2.